The molecule has 0 bridgehead atoms. The summed E-state index contributed by atoms with van der Waals surface area (Å²) < 4.78 is 16.5. The second-order valence-electron chi connectivity index (χ2n) is 3.13. The summed E-state index contributed by atoms with van der Waals surface area (Å²) >= 11 is 5.85. The number of aromatic nitrogens is 1. The Bertz CT molecular complexity index is 579. The molecule has 0 aliphatic heterocycles. The van der Waals surface area contributed by atoms with Crippen molar-refractivity contribution in [2.45, 2.75) is 0 Å². The Labute approximate surface area is 97.4 Å². The molecule has 1 heterocycles. The van der Waals surface area contributed by atoms with Gasteiger partial charge in [-0.2, -0.15) is 0 Å². The maximum atomic E-state index is 11.7. The van der Waals surface area contributed by atoms with Gasteiger partial charge < -0.3 is 4.98 Å². The summed E-state index contributed by atoms with van der Waals surface area (Å²) in [6.45, 7) is 0. The molecule has 1 unspecified atom stereocenters. The minimum atomic E-state index is -2.05. The zero-order valence-corrected chi connectivity index (χ0v) is 10.0. The number of aldehydes is 1. The quantitative estimate of drug-likeness (QED) is 0.678. The second-order valence-corrected chi connectivity index (χ2v) is 4.90. The van der Waals surface area contributed by atoms with Gasteiger partial charge in [-0.25, -0.2) is 0 Å². The monoisotopic (exact) mass is 256 g/mol. The van der Waals surface area contributed by atoms with Gasteiger partial charge >= 0.3 is 8.03 Å². The molecule has 4 nitrogen and oxygen atoms in total. The number of benzene rings is 1. The molecule has 1 aromatic heterocycles. The van der Waals surface area contributed by atoms with Gasteiger partial charge in [0.15, 0.2) is 6.29 Å². The third-order valence-corrected chi connectivity index (χ3v) is 3.64. The van der Waals surface area contributed by atoms with Crippen LogP contribution in [0.2, 0.25) is 5.02 Å². The molecule has 6 heteroatoms. The van der Waals surface area contributed by atoms with Gasteiger partial charge in [0.05, 0.1) is 18.0 Å². The number of aromatic amines is 1. The van der Waals surface area contributed by atoms with Crippen molar-refractivity contribution < 1.29 is 13.9 Å². The molecule has 1 aromatic carbocycles. The molecule has 0 saturated heterocycles. The van der Waals surface area contributed by atoms with Crippen molar-refractivity contribution in [1.82, 2.24) is 4.98 Å². The summed E-state index contributed by atoms with van der Waals surface area (Å²) in [6, 6.07) is 5.08. The van der Waals surface area contributed by atoms with Gasteiger partial charge in [-0.3, -0.25) is 4.79 Å². The van der Waals surface area contributed by atoms with Crippen molar-refractivity contribution in [2.24, 2.45) is 0 Å². The Kier molecular flexibility index (Phi) is 3.06. The van der Waals surface area contributed by atoms with Gasteiger partial charge in [-0.15, -0.1) is 4.52 Å². The standard InChI is InChI=1S/C10H7ClNO3P/c1-15-16(14)10-7-4-6(11)2-3-8(7)12-9(10)5-13/h2-5H,1H3/p+1. The second kappa shape index (κ2) is 4.34. The maximum absolute atomic E-state index is 11.7. The van der Waals surface area contributed by atoms with Crippen LogP contribution in [0.25, 0.3) is 10.9 Å². The average molecular weight is 257 g/mol. The SMILES string of the molecule is CO[P+](=O)c1c(C=O)[nH]c2ccc(Cl)cc12. The fourth-order valence-electron chi connectivity index (χ4n) is 1.54. The fourth-order valence-corrected chi connectivity index (χ4v) is 2.59. The van der Waals surface area contributed by atoms with Crippen LogP contribution in [0.15, 0.2) is 18.2 Å². The lowest BCUT2D eigenvalue weighted by atomic mass is 10.2. The predicted octanol–water partition coefficient (Wildman–Crippen LogP) is 2.65. The van der Waals surface area contributed by atoms with E-state index in [0.29, 0.717) is 27.5 Å². The van der Waals surface area contributed by atoms with Gasteiger partial charge in [0, 0.05) is 5.02 Å². The molecule has 0 saturated carbocycles. The van der Waals surface area contributed by atoms with E-state index in [4.69, 9.17) is 16.1 Å². The lowest BCUT2D eigenvalue weighted by Crippen LogP contribution is -2.02. The summed E-state index contributed by atoms with van der Waals surface area (Å²) in [5.74, 6) is 0. The van der Waals surface area contributed by atoms with Crippen molar-refractivity contribution in [3.63, 3.8) is 0 Å². The number of hydrogen-bond donors (Lipinski definition) is 1. The lowest BCUT2D eigenvalue weighted by molar-refractivity contribution is 0.112. The Morgan fingerprint density at radius 1 is 1.50 bits per heavy atom. The summed E-state index contributed by atoms with van der Waals surface area (Å²) in [4.78, 5) is 13.7. The smallest absolute Gasteiger partial charge is 0.348 e. The van der Waals surface area contributed by atoms with Crippen LogP contribution in [0.3, 0.4) is 0 Å². The van der Waals surface area contributed by atoms with Crippen LogP contribution in [0, 0.1) is 0 Å². The van der Waals surface area contributed by atoms with Crippen LogP contribution >= 0.6 is 19.6 Å². The minimum absolute atomic E-state index is 0.264. The highest BCUT2D eigenvalue weighted by atomic mass is 35.5. The highest BCUT2D eigenvalue weighted by Gasteiger charge is 2.30. The van der Waals surface area contributed by atoms with Crippen molar-refractivity contribution in [1.29, 1.82) is 0 Å². The molecule has 0 fully saturated rings. The summed E-state index contributed by atoms with van der Waals surface area (Å²) in [7, 11) is -0.716. The highest BCUT2D eigenvalue weighted by Crippen LogP contribution is 2.29. The molecule has 82 valence electrons. The zero-order chi connectivity index (χ0) is 11.7. The molecule has 0 aliphatic rings. The number of carbonyl (C=O) groups excluding carboxylic acids is 1. The molecule has 2 rings (SSSR count). The van der Waals surface area contributed by atoms with Crippen molar-refractivity contribution >= 4 is 42.1 Å². The largest absolute Gasteiger partial charge is 0.551 e. The third-order valence-electron chi connectivity index (χ3n) is 2.23. The minimum Gasteiger partial charge on any atom is -0.348 e. The van der Waals surface area contributed by atoms with Gasteiger partial charge in [0.2, 0.25) is 0 Å². The van der Waals surface area contributed by atoms with E-state index in [2.05, 4.69) is 4.98 Å². The number of carbonyl (C=O) groups is 1. The van der Waals surface area contributed by atoms with E-state index in [0.717, 1.165) is 0 Å². The van der Waals surface area contributed by atoms with Crippen molar-refractivity contribution in [3.05, 3.63) is 28.9 Å². The van der Waals surface area contributed by atoms with E-state index in [1.165, 1.54) is 7.11 Å². The molecule has 0 radical (unpaired) electrons. The molecule has 16 heavy (non-hydrogen) atoms. The molecule has 1 N–H and O–H groups in total. The number of fused-ring (bicyclic) bond motifs is 1. The molecule has 0 aliphatic carbocycles. The maximum Gasteiger partial charge on any atom is 0.551 e. The third kappa shape index (κ3) is 1.76. The molecular formula is C10H8ClNO3P+. The van der Waals surface area contributed by atoms with Crippen LogP contribution in [0.4, 0.5) is 0 Å². The first-order valence-corrected chi connectivity index (χ1v) is 6.00. The molecular weight excluding hydrogens is 249 g/mol. The predicted molar refractivity (Wildman–Crippen MR) is 62.9 cm³/mol. The first kappa shape index (κ1) is 11.3. The lowest BCUT2D eigenvalue weighted by Gasteiger charge is -1.89. The van der Waals surface area contributed by atoms with E-state index in [-0.39, 0.29) is 5.69 Å². The highest BCUT2D eigenvalue weighted by molar-refractivity contribution is 7.49. The normalized spacial score (nSPS) is 11.8. The Hall–Kier alpha value is -1.22. The van der Waals surface area contributed by atoms with Crippen LogP contribution in [-0.2, 0) is 9.09 Å². The molecule has 1 atom stereocenters. The Morgan fingerprint density at radius 3 is 2.88 bits per heavy atom. The van der Waals surface area contributed by atoms with Gasteiger partial charge in [0.1, 0.15) is 5.69 Å². The fraction of sp³-hybridized carbons (Fsp3) is 0.100. The van der Waals surface area contributed by atoms with E-state index >= 15 is 0 Å². The Balaban J connectivity index is 2.80. The van der Waals surface area contributed by atoms with Crippen LogP contribution in [0.5, 0.6) is 0 Å². The first-order chi connectivity index (χ1) is 7.67. The topological polar surface area (TPSA) is 59.2 Å². The molecule has 0 amide bonds. The molecule has 2 aromatic rings. The number of H-pyrrole nitrogens is 1. The van der Waals surface area contributed by atoms with Gasteiger partial charge in [0.25, 0.3) is 5.30 Å². The van der Waals surface area contributed by atoms with E-state index in [9.17, 15) is 9.36 Å². The van der Waals surface area contributed by atoms with Crippen molar-refractivity contribution in [3.8, 4) is 0 Å². The number of nitrogens with one attached hydrogen (secondary N) is 1. The van der Waals surface area contributed by atoms with Crippen LogP contribution in [0.1, 0.15) is 10.5 Å². The van der Waals surface area contributed by atoms with Crippen LogP contribution < -0.4 is 5.30 Å². The van der Waals surface area contributed by atoms with Crippen LogP contribution in [-0.4, -0.2) is 18.4 Å². The Morgan fingerprint density at radius 2 is 2.25 bits per heavy atom. The van der Waals surface area contributed by atoms with E-state index in [1.54, 1.807) is 18.2 Å². The number of hydrogen-bond acceptors (Lipinski definition) is 3. The average Bonchev–Trinajstić information content (AvgIpc) is 2.65. The summed E-state index contributed by atoms with van der Waals surface area (Å²) in [5, 5.41) is 1.53. The van der Waals surface area contributed by atoms with E-state index < -0.39 is 8.03 Å². The summed E-state index contributed by atoms with van der Waals surface area (Å²) in [5.41, 5.74) is 0.974. The number of rotatable bonds is 3. The summed E-state index contributed by atoms with van der Waals surface area (Å²) in [6.07, 6.45) is 0.621. The van der Waals surface area contributed by atoms with Crippen molar-refractivity contribution in [2.75, 3.05) is 7.11 Å². The van der Waals surface area contributed by atoms with Gasteiger partial charge in [-0.1, -0.05) is 11.6 Å². The zero-order valence-electron chi connectivity index (χ0n) is 8.36. The van der Waals surface area contributed by atoms with Gasteiger partial charge in [-0.05, 0) is 22.8 Å². The first-order valence-electron chi connectivity index (χ1n) is 4.45. The van der Waals surface area contributed by atoms with E-state index in [1.807, 2.05) is 0 Å². The number of halogens is 1. The molecule has 0 spiro atoms.